The molecule has 0 spiro atoms. The molecule has 1 aromatic heterocycles. The molecular formula is C19H22N2O2. The summed E-state index contributed by atoms with van der Waals surface area (Å²) in [6.07, 6.45) is 4.64. The van der Waals surface area contributed by atoms with Gasteiger partial charge in [0.05, 0.1) is 5.69 Å². The molecule has 0 radical (unpaired) electrons. The van der Waals surface area contributed by atoms with E-state index < -0.39 is 5.60 Å². The van der Waals surface area contributed by atoms with Crippen molar-refractivity contribution in [2.24, 2.45) is 0 Å². The van der Waals surface area contributed by atoms with Crippen LogP contribution in [0, 0.1) is 0 Å². The van der Waals surface area contributed by atoms with Crippen LogP contribution < -0.4 is 5.32 Å². The van der Waals surface area contributed by atoms with E-state index in [9.17, 15) is 4.79 Å². The molecule has 4 heteroatoms. The first-order chi connectivity index (χ1) is 11.2. The Morgan fingerprint density at radius 3 is 2.91 bits per heavy atom. The zero-order valence-corrected chi connectivity index (χ0v) is 13.4. The number of nitrogens with zero attached hydrogens (tertiary/aromatic N) is 1. The van der Waals surface area contributed by atoms with E-state index >= 15 is 0 Å². The third kappa shape index (κ3) is 3.77. The summed E-state index contributed by atoms with van der Waals surface area (Å²) < 4.78 is 5.69. The van der Waals surface area contributed by atoms with Gasteiger partial charge in [-0.15, -0.1) is 0 Å². The van der Waals surface area contributed by atoms with Gasteiger partial charge in [0.2, 0.25) is 0 Å². The minimum Gasteiger partial charge on any atom is -0.365 e. The number of rotatable bonds is 4. The number of aromatic nitrogens is 1. The normalized spacial score (nSPS) is 20.9. The van der Waals surface area contributed by atoms with Gasteiger partial charge in [0, 0.05) is 24.9 Å². The summed E-state index contributed by atoms with van der Waals surface area (Å²) >= 11 is 0. The maximum absolute atomic E-state index is 12.4. The lowest BCUT2D eigenvalue weighted by Gasteiger charge is -2.32. The quantitative estimate of drug-likeness (QED) is 0.942. The first-order valence-electron chi connectivity index (χ1n) is 8.10. The van der Waals surface area contributed by atoms with Crippen LogP contribution in [0.4, 0.5) is 0 Å². The van der Waals surface area contributed by atoms with E-state index in [0.717, 1.165) is 36.1 Å². The summed E-state index contributed by atoms with van der Waals surface area (Å²) in [5.74, 6) is -0.0274. The Balaban J connectivity index is 1.66. The van der Waals surface area contributed by atoms with Crippen LogP contribution in [0.25, 0.3) is 11.3 Å². The van der Waals surface area contributed by atoms with Crippen molar-refractivity contribution in [2.75, 3.05) is 6.61 Å². The summed E-state index contributed by atoms with van der Waals surface area (Å²) in [4.78, 5) is 16.8. The summed E-state index contributed by atoms with van der Waals surface area (Å²) in [5, 5.41) is 3.00. The topological polar surface area (TPSA) is 51.2 Å². The van der Waals surface area contributed by atoms with Gasteiger partial charge in [-0.25, -0.2) is 0 Å². The molecule has 1 amide bonds. The third-order valence-electron chi connectivity index (χ3n) is 4.29. The van der Waals surface area contributed by atoms with Crippen LogP contribution in [-0.2, 0) is 16.1 Å². The minimum atomic E-state index is -0.684. The van der Waals surface area contributed by atoms with Gasteiger partial charge in [-0.1, -0.05) is 24.3 Å². The molecule has 1 fully saturated rings. The molecule has 4 nitrogen and oxygen atoms in total. The number of hydrogen-bond donors (Lipinski definition) is 1. The predicted molar refractivity (Wildman–Crippen MR) is 89.7 cm³/mol. The van der Waals surface area contributed by atoms with Gasteiger partial charge in [-0.05, 0) is 49.9 Å². The number of nitrogens with one attached hydrogen (secondary N) is 1. The smallest absolute Gasteiger partial charge is 0.252 e. The molecule has 1 N–H and O–H groups in total. The molecule has 0 aliphatic carbocycles. The van der Waals surface area contributed by atoms with Crippen molar-refractivity contribution in [3.8, 4) is 11.3 Å². The lowest BCUT2D eigenvalue weighted by atomic mass is 9.95. The molecule has 1 aliphatic rings. The maximum atomic E-state index is 12.4. The van der Waals surface area contributed by atoms with E-state index in [1.165, 1.54) is 0 Å². The molecule has 0 saturated carbocycles. The second-order valence-corrected chi connectivity index (χ2v) is 6.13. The number of benzene rings is 1. The molecule has 1 atom stereocenters. The Bertz CT molecular complexity index is 664. The largest absolute Gasteiger partial charge is 0.365 e. The first-order valence-corrected chi connectivity index (χ1v) is 8.10. The van der Waals surface area contributed by atoms with E-state index in [1.54, 1.807) is 6.20 Å². The van der Waals surface area contributed by atoms with E-state index in [2.05, 4.69) is 16.4 Å². The third-order valence-corrected chi connectivity index (χ3v) is 4.29. The van der Waals surface area contributed by atoms with Crippen LogP contribution in [0.1, 0.15) is 31.7 Å². The summed E-state index contributed by atoms with van der Waals surface area (Å²) in [6, 6.07) is 13.9. The van der Waals surface area contributed by atoms with Gasteiger partial charge in [-0.2, -0.15) is 0 Å². The average Bonchev–Trinajstić information content (AvgIpc) is 2.61. The second-order valence-electron chi connectivity index (χ2n) is 6.13. The highest BCUT2D eigenvalue weighted by Gasteiger charge is 2.35. The number of hydrogen-bond acceptors (Lipinski definition) is 3. The number of ether oxygens (including phenoxy) is 1. The highest BCUT2D eigenvalue weighted by Crippen LogP contribution is 2.24. The van der Waals surface area contributed by atoms with Crippen LogP contribution in [0.3, 0.4) is 0 Å². The van der Waals surface area contributed by atoms with Gasteiger partial charge >= 0.3 is 0 Å². The molecule has 2 heterocycles. The fourth-order valence-electron chi connectivity index (χ4n) is 2.86. The molecule has 1 saturated heterocycles. The van der Waals surface area contributed by atoms with Gasteiger partial charge in [0.15, 0.2) is 0 Å². The van der Waals surface area contributed by atoms with Crippen LogP contribution in [0.15, 0.2) is 48.7 Å². The number of amides is 1. The fraction of sp³-hybridized carbons (Fsp3) is 0.368. The zero-order chi connectivity index (χ0) is 16.1. The predicted octanol–water partition coefficient (Wildman–Crippen LogP) is 3.32. The van der Waals surface area contributed by atoms with E-state index in [4.69, 9.17) is 4.74 Å². The Morgan fingerprint density at radius 1 is 1.26 bits per heavy atom. The van der Waals surface area contributed by atoms with E-state index in [1.807, 2.05) is 43.3 Å². The van der Waals surface area contributed by atoms with Crippen molar-refractivity contribution in [1.29, 1.82) is 0 Å². The summed E-state index contributed by atoms with van der Waals surface area (Å²) in [6.45, 7) is 3.04. The van der Waals surface area contributed by atoms with Crippen molar-refractivity contribution in [3.05, 3.63) is 54.2 Å². The van der Waals surface area contributed by atoms with Crippen LogP contribution >= 0.6 is 0 Å². The standard InChI is InChI=1S/C19H22N2O2/c1-19(10-3-5-12-23-19)18(22)21-14-15-7-6-8-16(13-15)17-9-2-4-11-20-17/h2,4,6-9,11,13H,3,5,10,12,14H2,1H3,(H,21,22). The lowest BCUT2D eigenvalue weighted by Crippen LogP contribution is -2.48. The number of pyridine rings is 1. The molecule has 1 unspecified atom stereocenters. The molecule has 1 aromatic carbocycles. The first kappa shape index (κ1) is 15.7. The SMILES string of the molecule is CC1(C(=O)NCc2cccc(-c3ccccn3)c2)CCCCO1. The van der Waals surface area contributed by atoms with Crippen molar-refractivity contribution < 1.29 is 9.53 Å². The van der Waals surface area contributed by atoms with Crippen molar-refractivity contribution in [1.82, 2.24) is 10.3 Å². The monoisotopic (exact) mass is 310 g/mol. The second kappa shape index (κ2) is 6.92. The van der Waals surface area contributed by atoms with Crippen molar-refractivity contribution in [2.45, 2.75) is 38.3 Å². The Morgan fingerprint density at radius 2 is 2.17 bits per heavy atom. The van der Waals surface area contributed by atoms with Gasteiger partial charge < -0.3 is 10.1 Å². The highest BCUT2D eigenvalue weighted by atomic mass is 16.5. The van der Waals surface area contributed by atoms with Crippen LogP contribution in [0.2, 0.25) is 0 Å². The van der Waals surface area contributed by atoms with Gasteiger partial charge in [-0.3, -0.25) is 9.78 Å². The minimum absolute atomic E-state index is 0.0274. The van der Waals surface area contributed by atoms with E-state index in [0.29, 0.717) is 13.2 Å². The summed E-state index contributed by atoms with van der Waals surface area (Å²) in [5.41, 5.74) is 2.36. The Labute approximate surface area is 136 Å². The Hall–Kier alpha value is -2.20. The fourth-order valence-corrected chi connectivity index (χ4v) is 2.86. The number of carbonyl (C=O) groups is 1. The molecule has 2 aromatic rings. The molecule has 3 rings (SSSR count). The highest BCUT2D eigenvalue weighted by molar-refractivity contribution is 5.84. The average molecular weight is 310 g/mol. The van der Waals surface area contributed by atoms with Crippen LogP contribution in [0.5, 0.6) is 0 Å². The number of carbonyl (C=O) groups excluding carboxylic acids is 1. The van der Waals surface area contributed by atoms with Gasteiger partial charge in [0.25, 0.3) is 5.91 Å². The van der Waals surface area contributed by atoms with Gasteiger partial charge in [0.1, 0.15) is 5.60 Å². The lowest BCUT2D eigenvalue weighted by molar-refractivity contribution is -0.150. The molecule has 1 aliphatic heterocycles. The van der Waals surface area contributed by atoms with Crippen molar-refractivity contribution >= 4 is 5.91 Å². The molecular weight excluding hydrogens is 288 g/mol. The van der Waals surface area contributed by atoms with Crippen LogP contribution in [-0.4, -0.2) is 23.1 Å². The maximum Gasteiger partial charge on any atom is 0.252 e. The Kier molecular flexibility index (Phi) is 4.72. The zero-order valence-electron chi connectivity index (χ0n) is 13.4. The summed E-state index contributed by atoms with van der Waals surface area (Å²) in [7, 11) is 0. The van der Waals surface area contributed by atoms with Crippen molar-refractivity contribution in [3.63, 3.8) is 0 Å². The molecule has 120 valence electrons. The molecule has 23 heavy (non-hydrogen) atoms. The molecule has 0 bridgehead atoms. The van der Waals surface area contributed by atoms with E-state index in [-0.39, 0.29) is 5.91 Å².